The summed E-state index contributed by atoms with van der Waals surface area (Å²) in [6.07, 6.45) is 11.8. The van der Waals surface area contributed by atoms with Crippen LogP contribution in [-0.4, -0.2) is 57.5 Å². The highest BCUT2D eigenvalue weighted by Gasteiger charge is 2.19. The lowest BCUT2D eigenvalue weighted by atomic mass is 9.83. The molecule has 1 saturated heterocycles. The molecule has 0 bridgehead atoms. The molecule has 3 N–H and O–H groups in total. The van der Waals surface area contributed by atoms with E-state index in [-0.39, 0.29) is 5.41 Å². The van der Waals surface area contributed by atoms with Crippen molar-refractivity contribution >= 4 is 34.5 Å². The number of anilines is 2. The van der Waals surface area contributed by atoms with Crippen molar-refractivity contribution < 1.29 is 0 Å². The van der Waals surface area contributed by atoms with E-state index >= 15 is 0 Å². The summed E-state index contributed by atoms with van der Waals surface area (Å²) in [4.78, 5) is 16.4. The first kappa shape index (κ1) is 24.7. The second-order valence-electron chi connectivity index (χ2n) is 9.71. The molecule has 0 atom stereocenters. The van der Waals surface area contributed by atoms with Crippen LogP contribution in [0.1, 0.15) is 57.6 Å². The molecule has 35 heavy (non-hydrogen) atoms. The van der Waals surface area contributed by atoms with Gasteiger partial charge in [0.15, 0.2) is 5.82 Å². The maximum Gasteiger partial charge on any atom is 0.154 e. The average molecular weight is 473 g/mol. The van der Waals surface area contributed by atoms with Crippen LogP contribution < -0.4 is 11.1 Å². The molecule has 0 saturated carbocycles. The SMILES string of the molecule is CCC(C)(C)c1cnnc(Nc2ccc3ncc(C(C=NCCCN4CCCC4)=CN)cc3n2)c1. The lowest BCUT2D eigenvalue weighted by Crippen LogP contribution is -2.20. The maximum atomic E-state index is 5.92. The summed E-state index contributed by atoms with van der Waals surface area (Å²) in [5.41, 5.74) is 10.4. The molecule has 1 fully saturated rings. The van der Waals surface area contributed by atoms with Crippen molar-refractivity contribution in [2.24, 2.45) is 10.7 Å². The van der Waals surface area contributed by atoms with Gasteiger partial charge in [0.2, 0.25) is 0 Å². The summed E-state index contributed by atoms with van der Waals surface area (Å²) in [7, 11) is 0. The van der Waals surface area contributed by atoms with Crippen molar-refractivity contribution in [3.63, 3.8) is 0 Å². The van der Waals surface area contributed by atoms with E-state index in [0.717, 1.165) is 53.7 Å². The summed E-state index contributed by atoms with van der Waals surface area (Å²) in [6.45, 7) is 10.9. The molecule has 0 aromatic carbocycles. The molecule has 3 aromatic heterocycles. The average Bonchev–Trinajstić information content (AvgIpc) is 3.39. The van der Waals surface area contributed by atoms with E-state index in [1.807, 2.05) is 42.9 Å². The third-order valence-electron chi connectivity index (χ3n) is 6.82. The number of aliphatic imine (C=N–C) groups is 1. The van der Waals surface area contributed by atoms with Gasteiger partial charge in [-0.15, -0.1) is 5.10 Å². The summed E-state index contributed by atoms with van der Waals surface area (Å²) in [5.74, 6) is 1.36. The van der Waals surface area contributed by atoms with Gasteiger partial charge in [-0.3, -0.25) is 9.98 Å². The number of hydrogen-bond donors (Lipinski definition) is 2. The van der Waals surface area contributed by atoms with Gasteiger partial charge in [0, 0.05) is 36.3 Å². The third kappa shape index (κ3) is 6.39. The molecule has 4 heterocycles. The van der Waals surface area contributed by atoms with Crippen LogP contribution in [0.5, 0.6) is 0 Å². The Morgan fingerprint density at radius 3 is 2.74 bits per heavy atom. The molecule has 0 radical (unpaired) electrons. The molecule has 8 nitrogen and oxygen atoms in total. The van der Waals surface area contributed by atoms with Gasteiger partial charge < -0.3 is 16.0 Å². The number of nitrogens with zero attached hydrogens (tertiary/aromatic N) is 6. The minimum absolute atomic E-state index is 0.0305. The zero-order valence-corrected chi connectivity index (χ0v) is 21.0. The first-order valence-corrected chi connectivity index (χ1v) is 12.5. The normalized spacial score (nSPS) is 15.3. The van der Waals surface area contributed by atoms with Crippen molar-refractivity contribution in [2.45, 2.75) is 51.9 Å². The lowest BCUT2D eigenvalue weighted by Gasteiger charge is -2.22. The number of hydrogen-bond acceptors (Lipinski definition) is 8. The summed E-state index contributed by atoms with van der Waals surface area (Å²) in [6, 6.07) is 7.87. The third-order valence-corrected chi connectivity index (χ3v) is 6.82. The van der Waals surface area contributed by atoms with Crippen molar-refractivity contribution in [1.29, 1.82) is 0 Å². The van der Waals surface area contributed by atoms with E-state index < -0.39 is 0 Å². The predicted octanol–water partition coefficient (Wildman–Crippen LogP) is 4.71. The van der Waals surface area contributed by atoms with E-state index in [9.17, 15) is 0 Å². The van der Waals surface area contributed by atoms with Gasteiger partial charge in [-0.05, 0) is 80.6 Å². The zero-order valence-electron chi connectivity index (χ0n) is 21.0. The summed E-state index contributed by atoms with van der Waals surface area (Å²) in [5, 5.41) is 11.7. The number of rotatable bonds is 10. The first-order chi connectivity index (χ1) is 17.0. The van der Waals surface area contributed by atoms with Crippen LogP contribution in [0.3, 0.4) is 0 Å². The lowest BCUT2D eigenvalue weighted by molar-refractivity contribution is 0.336. The van der Waals surface area contributed by atoms with Gasteiger partial charge in [-0.2, -0.15) is 5.10 Å². The summed E-state index contributed by atoms with van der Waals surface area (Å²) < 4.78 is 0. The van der Waals surface area contributed by atoms with Crippen molar-refractivity contribution in [3.05, 3.63) is 54.0 Å². The van der Waals surface area contributed by atoms with Crippen LogP contribution in [-0.2, 0) is 5.41 Å². The Kier molecular flexibility index (Phi) is 8.02. The van der Waals surface area contributed by atoms with E-state index in [0.29, 0.717) is 11.6 Å². The van der Waals surface area contributed by atoms with Crippen molar-refractivity contribution in [3.8, 4) is 0 Å². The van der Waals surface area contributed by atoms with Gasteiger partial charge >= 0.3 is 0 Å². The van der Waals surface area contributed by atoms with Crippen LogP contribution in [0.4, 0.5) is 11.6 Å². The Bertz CT molecular complexity index is 1190. The van der Waals surface area contributed by atoms with E-state index in [1.54, 1.807) is 6.20 Å². The van der Waals surface area contributed by atoms with Crippen LogP contribution in [0.2, 0.25) is 0 Å². The molecular weight excluding hydrogens is 436 g/mol. The quantitative estimate of drug-likeness (QED) is 0.325. The van der Waals surface area contributed by atoms with Gasteiger partial charge in [0.1, 0.15) is 5.82 Å². The molecule has 0 amide bonds. The number of nitrogens with one attached hydrogen (secondary N) is 1. The second kappa shape index (κ2) is 11.4. The van der Waals surface area contributed by atoms with E-state index in [4.69, 9.17) is 10.7 Å². The van der Waals surface area contributed by atoms with E-state index in [2.05, 4.69) is 51.2 Å². The Balaban J connectivity index is 1.45. The molecule has 1 aliphatic heterocycles. The Morgan fingerprint density at radius 2 is 1.97 bits per heavy atom. The van der Waals surface area contributed by atoms with Crippen molar-refractivity contribution in [1.82, 2.24) is 25.1 Å². The molecule has 3 aromatic rings. The van der Waals surface area contributed by atoms with Crippen LogP contribution in [0.25, 0.3) is 16.6 Å². The fourth-order valence-electron chi connectivity index (χ4n) is 4.14. The number of nitrogens with two attached hydrogens (primary N) is 1. The Labute approximate surface area is 207 Å². The molecule has 4 rings (SSSR count). The second-order valence-corrected chi connectivity index (χ2v) is 9.71. The van der Waals surface area contributed by atoms with Crippen LogP contribution >= 0.6 is 0 Å². The zero-order chi connectivity index (χ0) is 24.7. The molecule has 8 heteroatoms. The fourth-order valence-corrected chi connectivity index (χ4v) is 4.14. The molecular formula is C27H36N8. The molecule has 0 unspecified atom stereocenters. The number of likely N-dealkylation sites (tertiary alicyclic amines) is 1. The standard InChI is InChI=1S/C27H36N8/c1-4-27(2,3)22-15-26(34-31-19-22)33-25-9-8-23-24(32-25)14-20(18-30-23)21(16-28)17-29-10-7-13-35-11-5-6-12-35/h8-9,14-19H,4-7,10-13,28H2,1-3H3,(H,32,33,34). The van der Waals surface area contributed by atoms with E-state index in [1.165, 1.54) is 25.9 Å². The highest BCUT2D eigenvalue weighted by molar-refractivity contribution is 6.10. The minimum atomic E-state index is 0.0305. The van der Waals surface area contributed by atoms with Crippen LogP contribution in [0.15, 0.2) is 47.9 Å². The fraction of sp³-hybridized carbons (Fsp3) is 0.444. The monoisotopic (exact) mass is 472 g/mol. The first-order valence-electron chi connectivity index (χ1n) is 12.5. The topological polar surface area (TPSA) is 105 Å². The van der Waals surface area contributed by atoms with Crippen molar-refractivity contribution in [2.75, 3.05) is 31.5 Å². The highest BCUT2D eigenvalue weighted by Crippen LogP contribution is 2.28. The smallest absolute Gasteiger partial charge is 0.154 e. The number of fused-ring (bicyclic) bond motifs is 1. The largest absolute Gasteiger partial charge is 0.404 e. The number of aromatic nitrogens is 4. The Hall–Kier alpha value is -3.39. The van der Waals surface area contributed by atoms with Gasteiger partial charge in [0.05, 0.1) is 17.2 Å². The van der Waals surface area contributed by atoms with Gasteiger partial charge in [0.25, 0.3) is 0 Å². The minimum Gasteiger partial charge on any atom is -0.404 e. The molecule has 0 spiro atoms. The molecule has 0 aliphatic carbocycles. The Morgan fingerprint density at radius 1 is 1.14 bits per heavy atom. The van der Waals surface area contributed by atoms with Crippen LogP contribution in [0, 0.1) is 0 Å². The molecule has 1 aliphatic rings. The molecule has 184 valence electrons. The highest BCUT2D eigenvalue weighted by atomic mass is 15.2. The maximum absolute atomic E-state index is 5.92. The van der Waals surface area contributed by atoms with Gasteiger partial charge in [-0.1, -0.05) is 20.8 Å². The number of allylic oxidation sites excluding steroid dienone is 1. The van der Waals surface area contributed by atoms with Gasteiger partial charge in [-0.25, -0.2) is 4.98 Å². The number of pyridine rings is 2. The predicted molar refractivity (Wildman–Crippen MR) is 144 cm³/mol. The summed E-state index contributed by atoms with van der Waals surface area (Å²) >= 11 is 0.